The Morgan fingerprint density at radius 2 is 2.00 bits per heavy atom. The number of hydrogen-bond donors (Lipinski definition) is 2. The van der Waals surface area contributed by atoms with Crippen molar-refractivity contribution in [2.45, 2.75) is 31.8 Å². The number of ether oxygens (including phenoxy) is 2. The van der Waals surface area contributed by atoms with Gasteiger partial charge in [-0.15, -0.1) is 0 Å². The summed E-state index contributed by atoms with van der Waals surface area (Å²) in [4.78, 5) is 26.5. The van der Waals surface area contributed by atoms with Gasteiger partial charge in [0.15, 0.2) is 11.5 Å². The first-order chi connectivity index (χ1) is 14.5. The minimum Gasteiger partial charge on any atom is -0.486 e. The summed E-state index contributed by atoms with van der Waals surface area (Å²) in [6, 6.07) is 10.9. The molecular weight excluding hydrogens is 406 g/mol. The fourth-order valence-corrected chi connectivity index (χ4v) is 4.27. The zero-order valence-electron chi connectivity index (χ0n) is 16.5. The molecule has 2 heterocycles. The van der Waals surface area contributed by atoms with Crippen LogP contribution in [0.25, 0.3) is 0 Å². The summed E-state index contributed by atoms with van der Waals surface area (Å²) in [5, 5.41) is 3.41. The highest BCUT2D eigenvalue weighted by molar-refractivity contribution is 6.32. The van der Waals surface area contributed by atoms with Crippen LogP contribution in [0, 0.1) is 0 Å². The quantitative estimate of drug-likeness (QED) is 0.736. The number of nitrogens with zero attached hydrogens (tertiary/aromatic N) is 1. The van der Waals surface area contributed by atoms with E-state index in [0.717, 1.165) is 36.2 Å². The van der Waals surface area contributed by atoms with E-state index in [1.807, 2.05) is 24.3 Å². The van der Waals surface area contributed by atoms with Crippen molar-refractivity contribution in [2.75, 3.05) is 25.1 Å². The minimum absolute atomic E-state index is 0.151. The number of hydrogen-bond acceptors (Lipinski definition) is 5. The van der Waals surface area contributed by atoms with Crippen LogP contribution in [-0.4, -0.2) is 42.5 Å². The SMILES string of the molecule is NC(=O)C1CCCN1Cc1ccccc1NC(=O)Cc1cc(Cl)c2c(c1)OCCO2. The van der Waals surface area contributed by atoms with Crippen LogP contribution in [-0.2, 0) is 22.6 Å². The number of halogens is 1. The third-order valence-electron chi connectivity index (χ3n) is 5.38. The van der Waals surface area contributed by atoms with Gasteiger partial charge in [0.2, 0.25) is 11.8 Å². The van der Waals surface area contributed by atoms with Crippen molar-refractivity contribution < 1.29 is 19.1 Å². The molecule has 2 aliphatic heterocycles. The summed E-state index contributed by atoms with van der Waals surface area (Å²) in [6.45, 7) is 2.28. The Kier molecular flexibility index (Phi) is 6.11. The number of primary amides is 1. The topological polar surface area (TPSA) is 93.9 Å². The van der Waals surface area contributed by atoms with E-state index in [9.17, 15) is 9.59 Å². The molecule has 2 aliphatic rings. The summed E-state index contributed by atoms with van der Waals surface area (Å²) in [7, 11) is 0. The number of fused-ring (bicyclic) bond motifs is 1. The highest BCUT2D eigenvalue weighted by Gasteiger charge is 2.29. The van der Waals surface area contributed by atoms with Crippen LogP contribution in [0.3, 0.4) is 0 Å². The van der Waals surface area contributed by atoms with Crippen LogP contribution >= 0.6 is 11.6 Å². The third kappa shape index (κ3) is 4.52. The van der Waals surface area contributed by atoms with Gasteiger partial charge in [0.1, 0.15) is 13.2 Å². The van der Waals surface area contributed by atoms with Crippen molar-refractivity contribution in [3.63, 3.8) is 0 Å². The molecule has 7 nitrogen and oxygen atoms in total. The molecule has 0 radical (unpaired) electrons. The second-order valence-electron chi connectivity index (χ2n) is 7.51. The summed E-state index contributed by atoms with van der Waals surface area (Å²) in [5.74, 6) is 0.614. The predicted molar refractivity (Wildman–Crippen MR) is 114 cm³/mol. The van der Waals surface area contributed by atoms with Gasteiger partial charge in [0.05, 0.1) is 17.5 Å². The molecule has 4 rings (SSSR count). The molecule has 158 valence electrons. The van der Waals surface area contributed by atoms with Crippen molar-refractivity contribution in [3.05, 3.63) is 52.5 Å². The van der Waals surface area contributed by atoms with Gasteiger partial charge >= 0.3 is 0 Å². The Hall–Kier alpha value is -2.77. The zero-order chi connectivity index (χ0) is 21.1. The summed E-state index contributed by atoms with van der Waals surface area (Å²) >= 11 is 6.27. The van der Waals surface area contributed by atoms with E-state index < -0.39 is 0 Å². The van der Waals surface area contributed by atoms with Crippen LogP contribution in [0.15, 0.2) is 36.4 Å². The molecule has 0 saturated carbocycles. The predicted octanol–water partition coefficient (Wildman–Crippen LogP) is 2.74. The normalized spacial score (nSPS) is 18.2. The molecule has 2 amide bonds. The molecule has 2 aromatic rings. The number of anilines is 1. The lowest BCUT2D eigenvalue weighted by Gasteiger charge is -2.23. The van der Waals surface area contributed by atoms with Crippen LogP contribution < -0.4 is 20.5 Å². The number of para-hydroxylation sites is 1. The van der Waals surface area contributed by atoms with Gasteiger partial charge < -0.3 is 20.5 Å². The number of benzene rings is 2. The third-order valence-corrected chi connectivity index (χ3v) is 5.66. The summed E-state index contributed by atoms with van der Waals surface area (Å²) in [6.07, 6.45) is 1.86. The van der Waals surface area contributed by atoms with Gasteiger partial charge in [0.25, 0.3) is 0 Å². The molecule has 1 atom stereocenters. The molecule has 1 unspecified atom stereocenters. The first-order valence-corrected chi connectivity index (χ1v) is 10.4. The molecule has 0 aromatic heterocycles. The Morgan fingerprint density at radius 3 is 2.83 bits per heavy atom. The largest absolute Gasteiger partial charge is 0.486 e. The fourth-order valence-electron chi connectivity index (χ4n) is 3.98. The van der Waals surface area contributed by atoms with Gasteiger partial charge in [-0.3, -0.25) is 14.5 Å². The van der Waals surface area contributed by atoms with Crippen molar-refractivity contribution in [1.29, 1.82) is 0 Å². The smallest absolute Gasteiger partial charge is 0.234 e. The Labute approximate surface area is 180 Å². The molecule has 1 saturated heterocycles. The summed E-state index contributed by atoms with van der Waals surface area (Å²) < 4.78 is 11.1. The Balaban J connectivity index is 1.45. The van der Waals surface area contributed by atoms with Gasteiger partial charge in [0, 0.05) is 12.2 Å². The number of nitrogens with one attached hydrogen (secondary N) is 1. The number of nitrogens with two attached hydrogens (primary N) is 1. The van der Waals surface area contributed by atoms with E-state index in [4.69, 9.17) is 26.8 Å². The number of carbonyl (C=O) groups excluding carboxylic acids is 2. The molecule has 2 aromatic carbocycles. The van der Waals surface area contributed by atoms with Crippen molar-refractivity contribution in [1.82, 2.24) is 4.90 Å². The number of amides is 2. The zero-order valence-corrected chi connectivity index (χ0v) is 17.3. The maximum absolute atomic E-state index is 12.7. The lowest BCUT2D eigenvalue weighted by Crippen LogP contribution is -2.39. The van der Waals surface area contributed by atoms with Gasteiger partial charge in [-0.05, 0) is 48.7 Å². The number of rotatable bonds is 6. The second kappa shape index (κ2) is 8.93. The summed E-state index contributed by atoms with van der Waals surface area (Å²) in [5.41, 5.74) is 7.94. The molecule has 0 spiro atoms. The average Bonchev–Trinajstić information content (AvgIpc) is 3.18. The maximum Gasteiger partial charge on any atom is 0.234 e. The van der Waals surface area contributed by atoms with Crippen molar-refractivity contribution in [2.24, 2.45) is 5.73 Å². The lowest BCUT2D eigenvalue weighted by molar-refractivity contribution is -0.122. The molecular formula is C22H24ClN3O4. The van der Waals surface area contributed by atoms with E-state index in [-0.39, 0.29) is 24.3 Å². The van der Waals surface area contributed by atoms with Crippen molar-refractivity contribution >= 4 is 29.1 Å². The Bertz CT molecular complexity index is 965. The minimum atomic E-state index is -0.301. The molecule has 8 heteroatoms. The van der Waals surface area contributed by atoms with Crippen molar-refractivity contribution in [3.8, 4) is 11.5 Å². The second-order valence-corrected chi connectivity index (χ2v) is 7.92. The highest BCUT2D eigenvalue weighted by atomic mass is 35.5. The molecule has 3 N–H and O–H groups in total. The van der Waals surface area contributed by atoms with E-state index in [0.29, 0.717) is 36.3 Å². The average molecular weight is 430 g/mol. The lowest BCUT2D eigenvalue weighted by atomic mass is 10.1. The Morgan fingerprint density at radius 1 is 1.20 bits per heavy atom. The van der Waals surface area contributed by atoms with Crippen LogP contribution in [0.5, 0.6) is 11.5 Å². The van der Waals surface area contributed by atoms with E-state index in [1.165, 1.54) is 0 Å². The molecule has 0 bridgehead atoms. The van der Waals surface area contributed by atoms with E-state index in [1.54, 1.807) is 12.1 Å². The van der Waals surface area contributed by atoms with Crippen LogP contribution in [0.1, 0.15) is 24.0 Å². The van der Waals surface area contributed by atoms with Crippen LogP contribution in [0.2, 0.25) is 5.02 Å². The monoisotopic (exact) mass is 429 g/mol. The van der Waals surface area contributed by atoms with E-state index in [2.05, 4.69) is 10.2 Å². The highest BCUT2D eigenvalue weighted by Crippen LogP contribution is 2.38. The first kappa shape index (κ1) is 20.5. The molecule has 30 heavy (non-hydrogen) atoms. The van der Waals surface area contributed by atoms with E-state index >= 15 is 0 Å². The first-order valence-electron chi connectivity index (χ1n) is 10.0. The van der Waals surface area contributed by atoms with Gasteiger partial charge in [-0.1, -0.05) is 29.8 Å². The maximum atomic E-state index is 12.7. The standard InChI is InChI=1S/C22H24ClN3O4/c23-16-10-14(11-19-21(16)30-9-8-29-19)12-20(27)25-17-5-2-1-4-15(17)13-26-7-3-6-18(26)22(24)28/h1-2,4-5,10-11,18H,3,6-9,12-13H2,(H2,24,28)(H,25,27). The van der Waals surface area contributed by atoms with Gasteiger partial charge in [-0.2, -0.15) is 0 Å². The molecule has 1 fully saturated rings. The number of carbonyl (C=O) groups is 2. The molecule has 0 aliphatic carbocycles. The fraction of sp³-hybridized carbons (Fsp3) is 0.364. The number of likely N-dealkylation sites (tertiary alicyclic amines) is 1. The van der Waals surface area contributed by atoms with Crippen LogP contribution in [0.4, 0.5) is 5.69 Å². The van der Waals surface area contributed by atoms with Gasteiger partial charge in [-0.25, -0.2) is 0 Å².